The summed E-state index contributed by atoms with van der Waals surface area (Å²) in [5, 5.41) is 9.45. The Morgan fingerprint density at radius 1 is 1.31 bits per heavy atom. The first kappa shape index (κ1) is 23.9. The molecule has 2 amide bonds. The number of halogens is 2. The largest absolute Gasteiger partial charge is 0.465 e. The van der Waals surface area contributed by atoms with E-state index in [0.717, 1.165) is 4.90 Å². The highest BCUT2D eigenvalue weighted by molar-refractivity contribution is 9.11. The van der Waals surface area contributed by atoms with Crippen molar-refractivity contribution < 1.29 is 27.9 Å². The summed E-state index contributed by atoms with van der Waals surface area (Å²) < 4.78 is 34.3. The molecule has 1 saturated heterocycles. The standard InChI is InChI=1S/C17H23Br2N3O6S/c1-3-21(4-2)17(25)28-10-13-8-12(9-22(13)16(23)24)20-29(26,27)15-7-11(18)5-6-14(15)19/h5-7,12-13,20H,3-4,8-10H2,1-2H3,(H,23,24)/t12-,13-/m1/s1. The van der Waals surface area contributed by atoms with Crippen LogP contribution in [-0.4, -0.2) is 73.8 Å². The number of nitrogens with one attached hydrogen (secondary N) is 1. The zero-order valence-corrected chi connectivity index (χ0v) is 20.0. The summed E-state index contributed by atoms with van der Waals surface area (Å²) in [5.41, 5.74) is 0. The Morgan fingerprint density at radius 3 is 2.55 bits per heavy atom. The molecule has 0 aliphatic carbocycles. The molecule has 0 bridgehead atoms. The fraction of sp³-hybridized carbons (Fsp3) is 0.529. The van der Waals surface area contributed by atoms with Crippen molar-refractivity contribution in [3.63, 3.8) is 0 Å². The molecule has 1 aromatic carbocycles. The summed E-state index contributed by atoms with van der Waals surface area (Å²) >= 11 is 6.47. The number of amides is 2. The van der Waals surface area contributed by atoms with E-state index in [2.05, 4.69) is 36.6 Å². The van der Waals surface area contributed by atoms with Gasteiger partial charge in [0.25, 0.3) is 0 Å². The van der Waals surface area contributed by atoms with Crippen LogP contribution in [0.1, 0.15) is 20.3 Å². The highest BCUT2D eigenvalue weighted by atomic mass is 79.9. The van der Waals surface area contributed by atoms with Gasteiger partial charge >= 0.3 is 12.2 Å². The van der Waals surface area contributed by atoms with E-state index in [4.69, 9.17) is 4.74 Å². The number of carboxylic acid groups (broad SMARTS) is 1. The average Bonchev–Trinajstić information content (AvgIpc) is 3.05. The van der Waals surface area contributed by atoms with Crippen LogP contribution in [0.2, 0.25) is 0 Å². The maximum Gasteiger partial charge on any atom is 0.409 e. The van der Waals surface area contributed by atoms with Crippen molar-refractivity contribution in [3.05, 3.63) is 27.1 Å². The van der Waals surface area contributed by atoms with Crippen molar-refractivity contribution in [1.29, 1.82) is 0 Å². The molecule has 162 valence electrons. The summed E-state index contributed by atoms with van der Waals surface area (Å²) in [6.07, 6.45) is -1.52. The van der Waals surface area contributed by atoms with E-state index in [0.29, 0.717) is 22.0 Å². The van der Waals surface area contributed by atoms with E-state index in [1.165, 1.54) is 11.0 Å². The SMILES string of the molecule is CCN(CC)C(=O)OC[C@H]1C[C@@H](NS(=O)(=O)c2cc(Br)ccc2Br)CN1C(=O)O. The number of rotatable bonds is 7. The molecule has 0 unspecified atom stereocenters. The molecular formula is C17H23Br2N3O6S. The Hall–Kier alpha value is -1.37. The lowest BCUT2D eigenvalue weighted by Gasteiger charge is -2.23. The molecule has 1 aliphatic rings. The third-order valence-corrected chi connectivity index (χ3v) is 7.59. The van der Waals surface area contributed by atoms with Gasteiger partial charge in [-0.3, -0.25) is 0 Å². The Bertz CT molecular complexity index is 863. The van der Waals surface area contributed by atoms with Crippen molar-refractivity contribution in [2.75, 3.05) is 26.2 Å². The van der Waals surface area contributed by atoms with Crippen LogP contribution in [-0.2, 0) is 14.8 Å². The molecule has 0 saturated carbocycles. The van der Waals surface area contributed by atoms with E-state index in [1.54, 1.807) is 12.1 Å². The number of likely N-dealkylation sites (tertiary alicyclic amines) is 1. The van der Waals surface area contributed by atoms with Crippen LogP contribution in [0.4, 0.5) is 9.59 Å². The van der Waals surface area contributed by atoms with E-state index in [-0.39, 0.29) is 24.5 Å². The summed E-state index contributed by atoms with van der Waals surface area (Å²) in [6.45, 7) is 4.41. The van der Waals surface area contributed by atoms with Gasteiger partial charge in [0.15, 0.2) is 0 Å². The molecule has 9 nitrogen and oxygen atoms in total. The number of hydrogen-bond acceptors (Lipinski definition) is 5. The number of nitrogens with zero attached hydrogens (tertiary/aromatic N) is 2. The maximum atomic E-state index is 12.8. The molecule has 12 heteroatoms. The first-order valence-electron chi connectivity index (χ1n) is 8.97. The van der Waals surface area contributed by atoms with Gasteiger partial charge in [-0.1, -0.05) is 15.9 Å². The summed E-state index contributed by atoms with van der Waals surface area (Å²) in [4.78, 5) is 26.2. The third-order valence-electron chi connectivity index (χ3n) is 4.59. The second-order valence-electron chi connectivity index (χ2n) is 6.47. The number of carbonyl (C=O) groups excluding carboxylic acids is 1. The highest BCUT2D eigenvalue weighted by Gasteiger charge is 2.38. The quantitative estimate of drug-likeness (QED) is 0.533. The fourth-order valence-electron chi connectivity index (χ4n) is 3.10. The van der Waals surface area contributed by atoms with E-state index in [9.17, 15) is 23.1 Å². The topological polar surface area (TPSA) is 116 Å². The van der Waals surface area contributed by atoms with Gasteiger partial charge in [-0.15, -0.1) is 0 Å². The molecule has 2 atom stereocenters. The van der Waals surface area contributed by atoms with Gasteiger partial charge in [0.2, 0.25) is 10.0 Å². The third kappa shape index (κ3) is 6.06. The maximum absolute atomic E-state index is 12.8. The average molecular weight is 557 g/mol. The lowest BCUT2D eigenvalue weighted by Crippen LogP contribution is -2.40. The Morgan fingerprint density at radius 2 is 1.97 bits per heavy atom. The number of sulfonamides is 1. The van der Waals surface area contributed by atoms with Gasteiger partial charge in [0.05, 0.1) is 10.9 Å². The predicted octanol–water partition coefficient (Wildman–Crippen LogP) is 3.09. The van der Waals surface area contributed by atoms with Gasteiger partial charge < -0.3 is 19.6 Å². The van der Waals surface area contributed by atoms with Gasteiger partial charge in [0.1, 0.15) is 6.61 Å². The van der Waals surface area contributed by atoms with Crippen LogP contribution < -0.4 is 4.72 Å². The second kappa shape index (κ2) is 10.1. The smallest absolute Gasteiger partial charge is 0.409 e. The molecule has 1 fully saturated rings. The molecule has 1 heterocycles. The van der Waals surface area contributed by atoms with Gasteiger partial charge in [-0.25, -0.2) is 22.7 Å². The molecule has 2 rings (SSSR count). The van der Waals surface area contributed by atoms with Crippen molar-refractivity contribution in [3.8, 4) is 0 Å². The minimum absolute atomic E-state index is 0.0341. The normalized spacial score (nSPS) is 19.2. The summed E-state index contributed by atoms with van der Waals surface area (Å²) in [7, 11) is -3.88. The monoisotopic (exact) mass is 555 g/mol. The number of carbonyl (C=O) groups is 2. The van der Waals surface area contributed by atoms with Crippen LogP contribution in [0.15, 0.2) is 32.0 Å². The molecule has 1 aliphatic heterocycles. The number of ether oxygens (including phenoxy) is 1. The van der Waals surface area contributed by atoms with Gasteiger partial charge in [-0.2, -0.15) is 0 Å². The molecule has 2 N–H and O–H groups in total. The second-order valence-corrected chi connectivity index (χ2v) is 9.92. The first-order valence-corrected chi connectivity index (χ1v) is 12.0. The molecule has 0 spiro atoms. The van der Waals surface area contributed by atoms with E-state index < -0.39 is 34.3 Å². The number of hydrogen-bond donors (Lipinski definition) is 2. The molecular weight excluding hydrogens is 534 g/mol. The summed E-state index contributed by atoms with van der Waals surface area (Å²) in [5.74, 6) is 0. The minimum atomic E-state index is -3.88. The first-order chi connectivity index (χ1) is 13.6. The van der Waals surface area contributed by atoms with Gasteiger partial charge in [0, 0.05) is 34.6 Å². The van der Waals surface area contributed by atoms with Crippen molar-refractivity contribution in [2.24, 2.45) is 0 Å². The van der Waals surface area contributed by atoms with Crippen LogP contribution >= 0.6 is 31.9 Å². The molecule has 0 aromatic heterocycles. The highest BCUT2D eigenvalue weighted by Crippen LogP contribution is 2.27. The van der Waals surface area contributed by atoms with Crippen LogP contribution in [0.5, 0.6) is 0 Å². The van der Waals surface area contributed by atoms with Crippen LogP contribution in [0.25, 0.3) is 0 Å². The van der Waals surface area contributed by atoms with Gasteiger partial charge in [-0.05, 0) is 54.4 Å². The van der Waals surface area contributed by atoms with Crippen LogP contribution in [0, 0.1) is 0 Å². The van der Waals surface area contributed by atoms with Crippen molar-refractivity contribution >= 4 is 54.1 Å². The van der Waals surface area contributed by atoms with Crippen LogP contribution in [0.3, 0.4) is 0 Å². The zero-order chi connectivity index (χ0) is 21.8. The minimum Gasteiger partial charge on any atom is -0.465 e. The van der Waals surface area contributed by atoms with E-state index >= 15 is 0 Å². The Labute approximate surface area is 186 Å². The fourth-order valence-corrected chi connectivity index (χ4v) is 5.84. The predicted molar refractivity (Wildman–Crippen MR) is 113 cm³/mol. The van der Waals surface area contributed by atoms with Crippen molar-refractivity contribution in [2.45, 2.75) is 37.2 Å². The molecule has 29 heavy (non-hydrogen) atoms. The number of benzene rings is 1. The summed E-state index contributed by atoms with van der Waals surface area (Å²) in [6, 6.07) is 3.49. The Kier molecular flexibility index (Phi) is 8.32. The van der Waals surface area contributed by atoms with Crippen molar-refractivity contribution in [1.82, 2.24) is 14.5 Å². The zero-order valence-electron chi connectivity index (χ0n) is 16.0. The van der Waals surface area contributed by atoms with E-state index in [1.807, 2.05) is 13.8 Å². The Balaban J connectivity index is 2.09. The molecule has 1 aromatic rings. The molecule has 0 radical (unpaired) electrons. The lowest BCUT2D eigenvalue weighted by molar-refractivity contribution is 0.0749. The lowest BCUT2D eigenvalue weighted by atomic mass is 10.2.